The molecule has 0 aliphatic rings. The monoisotopic (exact) mass is 232 g/mol. The first-order chi connectivity index (χ1) is 7.92. The smallest absolute Gasteiger partial charge is 0.0705 e. The predicted molar refractivity (Wildman–Crippen MR) is 71.8 cm³/mol. The lowest BCUT2D eigenvalue weighted by atomic mass is 10.1. The number of thioether (sulfide) groups is 1. The van der Waals surface area contributed by atoms with Crippen molar-refractivity contribution in [2.45, 2.75) is 6.54 Å². The lowest BCUT2D eigenvalue weighted by molar-refractivity contribution is 0.735. The molecule has 0 unspecified atom stereocenters. The van der Waals surface area contributed by atoms with E-state index in [1.54, 1.807) is 0 Å². The van der Waals surface area contributed by atoms with E-state index in [1.807, 2.05) is 24.0 Å². The first kappa shape index (κ1) is 11.4. The number of benzene rings is 1. The summed E-state index contributed by atoms with van der Waals surface area (Å²) in [6, 6.07) is 10.4. The van der Waals surface area contributed by atoms with Gasteiger partial charge in [-0.3, -0.25) is 4.98 Å². The van der Waals surface area contributed by atoms with Crippen LogP contribution in [0, 0.1) is 0 Å². The van der Waals surface area contributed by atoms with Crippen LogP contribution >= 0.6 is 11.8 Å². The van der Waals surface area contributed by atoms with Gasteiger partial charge in [0.25, 0.3) is 0 Å². The number of pyridine rings is 1. The fourth-order valence-corrected chi connectivity index (χ4v) is 2.05. The van der Waals surface area contributed by atoms with Crippen LogP contribution in [0.3, 0.4) is 0 Å². The summed E-state index contributed by atoms with van der Waals surface area (Å²) >= 11 is 1.87. The third-order valence-corrected chi connectivity index (χ3v) is 3.15. The molecule has 0 spiro atoms. The van der Waals surface area contributed by atoms with Gasteiger partial charge in [-0.15, -0.1) is 0 Å². The SMILES string of the molecule is CSCCNCc1ccnc2ccccc12. The molecular formula is C13H16N2S. The van der Waals surface area contributed by atoms with E-state index in [0.717, 1.165) is 24.4 Å². The van der Waals surface area contributed by atoms with E-state index < -0.39 is 0 Å². The van der Waals surface area contributed by atoms with Gasteiger partial charge in [-0.05, 0) is 24.0 Å². The van der Waals surface area contributed by atoms with E-state index in [0.29, 0.717) is 0 Å². The van der Waals surface area contributed by atoms with E-state index in [4.69, 9.17) is 0 Å². The lowest BCUT2D eigenvalue weighted by Crippen LogP contribution is -2.16. The normalized spacial score (nSPS) is 10.8. The topological polar surface area (TPSA) is 24.9 Å². The molecule has 0 saturated carbocycles. The van der Waals surface area contributed by atoms with Crippen molar-refractivity contribution in [2.24, 2.45) is 0 Å². The van der Waals surface area contributed by atoms with Crippen molar-refractivity contribution in [2.75, 3.05) is 18.6 Å². The molecule has 0 bridgehead atoms. The van der Waals surface area contributed by atoms with Crippen LogP contribution in [0.2, 0.25) is 0 Å². The van der Waals surface area contributed by atoms with E-state index in [9.17, 15) is 0 Å². The summed E-state index contributed by atoms with van der Waals surface area (Å²) < 4.78 is 0. The average Bonchev–Trinajstić information content (AvgIpc) is 2.35. The van der Waals surface area contributed by atoms with Gasteiger partial charge in [-0.25, -0.2) is 0 Å². The van der Waals surface area contributed by atoms with E-state index in [-0.39, 0.29) is 0 Å². The van der Waals surface area contributed by atoms with Crippen LogP contribution in [0.4, 0.5) is 0 Å². The fourth-order valence-electron chi connectivity index (χ4n) is 1.71. The number of fused-ring (bicyclic) bond motifs is 1. The van der Waals surface area contributed by atoms with E-state index in [2.05, 4.69) is 40.8 Å². The molecule has 84 valence electrons. The van der Waals surface area contributed by atoms with Gasteiger partial charge in [-0.1, -0.05) is 18.2 Å². The van der Waals surface area contributed by atoms with Gasteiger partial charge in [0, 0.05) is 30.4 Å². The largest absolute Gasteiger partial charge is 0.312 e. The van der Waals surface area contributed by atoms with Crippen molar-refractivity contribution in [3.63, 3.8) is 0 Å². The van der Waals surface area contributed by atoms with E-state index in [1.165, 1.54) is 10.9 Å². The van der Waals surface area contributed by atoms with Crippen molar-refractivity contribution >= 4 is 22.7 Å². The number of nitrogens with one attached hydrogen (secondary N) is 1. The number of aromatic nitrogens is 1. The minimum Gasteiger partial charge on any atom is -0.312 e. The zero-order valence-corrected chi connectivity index (χ0v) is 10.3. The van der Waals surface area contributed by atoms with Crippen molar-refractivity contribution in [1.29, 1.82) is 0 Å². The Bertz CT molecular complexity index is 451. The molecule has 1 aromatic heterocycles. The maximum absolute atomic E-state index is 4.35. The molecule has 2 aromatic rings. The summed E-state index contributed by atoms with van der Waals surface area (Å²) in [5, 5.41) is 4.70. The molecule has 0 fully saturated rings. The number of hydrogen-bond acceptors (Lipinski definition) is 3. The lowest BCUT2D eigenvalue weighted by Gasteiger charge is -2.06. The van der Waals surface area contributed by atoms with Gasteiger partial charge < -0.3 is 5.32 Å². The number of hydrogen-bond donors (Lipinski definition) is 1. The van der Waals surface area contributed by atoms with Gasteiger partial charge in [0.15, 0.2) is 0 Å². The first-order valence-electron chi connectivity index (χ1n) is 5.44. The Hall–Kier alpha value is -1.06. The molecule has 16 heavy (non-hydrogen) atoms. The molecule has 3 heteroatoms. The summed E-state index contributed by atoms with van der Waals surface area (Å²) in [7, 11) is 0. The zero-order valence-electron chi connectivity index (χ0n) is 9.44. The number of rotatable bonds is 5. The van der Waals surface area contributed by atoms with Crippen LogP contribution in [0.5, 0.6) is 0 Å². The van der Waals surface area contributed by atoms with Crippen LogP contribution < -0.4 is 5.32 Å². The minimum absolute atomic E-state index is 0.920. The average molecular weight is 232 g/mol. The quantitative estimate of drug-likeness (QED) is 0.802. The molecule has 0 saturated heterocycles. The second-order valence-corrected chi connectivity index (χ2v) is 4.64. The Morgan fingerprint density at radius 3 is 3.00 bits per heavy atom. The molecule has 1 heterocycles. The van der Waals surface area contributed by atoms with Crippen LogP contribution in [0.25, 0.3) is 10.9 Å². The zero-order chi connectivity index (χ0) is 11.2. The van der Waals surface area contributed by atoms with Gasteiger partial charge >= 0.3 is 0 Å². The molecule has 2 nitrogen and oxygen atoms in total. The molecule has 2 rings (SSSR count). The summed E-state index contributed by atoms with van der Waals surface area (Å²) in [6.07, 6.45) is 4.01. The molecule has 0 aliphatic heterocycles. The molecule has 1 N–H and O–H groups in total. The Balaban J connectivity index is 2.11. The third kappa shape index (κ3) is 2.74. The highest BCUT2D eigenvalue weighted by molar-refractivity contribution is 7.98. The molecular weight excluding hydrogens is 216 g/mol. The highest BCUT2D eigenvalue weighted by Crippen LogP contribution is 2.15. The highest BCUT2D eigenvalue weighted by atomic mass is 32.2. The summed E-state index contributed by atoms with van der Waals surface area (Å²) in [5.74, 6) is 1.16. The summed E-state index contributed by atoms with van der Waals surface area (Å²) in [4.78, 5) is 4.35. The third-order valence-electron chi connectivity index (χ3n) is 2.54. The van der Waals surface area contributed by atoms with Gasteiger partial charge in [0.2, 0.25) is 0 Å². The minimum atomic E-state index is 0.920. The van der Waals surface area contributed by atoms with E-state index >= 15 is 0 Å². The van der Waals surface area contributed by atoms with Crippen molar-refractivity contribution < 1.29 is 0 Å². The fraction of sp³-hybridized carbons (Fsp3) is 0.308. The first-order valence-corrected chi connectivity index (χ1v) is 6.83. The molecule has 1 aromatic carbocycles. The summed E-state index contributed by atoms with van der Waals surface area (Å²) in [5.41, 5.74) is 2.40. The van der Waals surface area contributed by atoms with Crippen LogP contribution in [-0.4, -0.2) is 23.5 Å². The molecule has 0 amide bonds. The molecule has 0 atom stereocenters. The Morgan fingerprint density at radius 1 is 1.25 bits per heavy atom. The Kier molecular flexibility index (Phi) is 4.19. The Morgan fingerprint density at radius 2 is 2.12 bits per heavy atom. The number of para-hydroxylation sites is 1. The van der Waals surface area contributed by atoms with Crippen LogP contribution in [-0.2, 0) is 6.54 Å². The molecule has 0 aliphatic carbocycles. The summed E-state index contributed by atoms with van der Waals surface area (Å²) in [6.45, 7) is 1.97. The van der Waals surface area contributed by atoms with Crippen molar-refractivity contribution in [3.8, 4) is 0 Å². The highest BCUT2D eigenvalue weighted by Gasteiger charge is 1.99. The predicted octanol–water partition coefficient (Wildman–Crippen LogP) is 2.69. The van der Waals surface area contributed by atoms with Crippen LogP contribution in [0.15, 0.2) is 36.5 Å². The second kappa shape index (κ2) is 5.87. The van der Waals surface area contributed by atoms with Crippen LogP contribution in [0.1, 0.15) is 5.56 Å². The Labute approximate surface area is 100 Å². The van der Waals surface area contributed by atoms with Gasteiger partial charge in [-0.2, -0.15) is 11.8 Å². The van der Waals surface area contributed by atoms with Crippen molar-refractivity contribution in [3.05, 3.63) is 42.1 Å². The maximum Gasteiger partial charge on any atom is 0.0705 e. The second-order valence-electron chi connectivity index (χ2n) is 3.66. The van der Waals surface area contributed by atoms with Gasteiger partial charge in [0.1, 0.15) is 0 Å². The number of nitrogens with zero attached hydrogens (tertiary/aromatic N) is 1. The van der Waals surface area contributed by atoms with Crippen molar-refractivity contribution in [1.82, 2.24) is 10.3 Å². The standard InChI is InChI=1S/C13H16N2S/c1-16-9-8-14-10-11-6-7-15-13-5-3-2-4-12(11)13/h2-7,14H,8-10H2,1H3. The van der Waals surface area contributed by atoms with Gasteiger partial charge in [0.05, 0.1) is 5.52 Å². The maximum atomic E-state index is 4.35. The molecule has 0 radical (unpaired) electrons.